The van der Waals surface area contributed by atoms with E-state index in [1.54, 1.807) is 82.3 Å². The lowest BCUT2D eigenvalue weighted by Gasteiger charge is -2.41. The van der Waals surface area contributed by atoms with Crippen LogP contribution in [0.15, 0.2) is 97.1 Å². The van der Waals surface area contributed by atoms with E-state index in [2.05, 4.69) is 75.1 Å². The van der Waals surface area contributed by atoms with Crippen molar-refractivity contribution in [3.63, 3.8) is 0 Å². The van der Waals surface area contributed by atoms with Gasteiger partial charge in [-0.05, 0) is 177 Å². The molecule has 0 bridgehead atoms. The van der Waals surface area contributed by atoms with Gasteiger partial charge in [0, 0.05) is 89.4 Å². The number of carboxylic acid groups (broad SMARTS) is 4. The van der Waals surface area contributed by atoms with Crippen molar-refractivity contribution < 1.29 is 79.2 Å². The Bertz CT molecular complexity index is 3530. The molecule has 646 valence electrons. The van der Waals surface area contributed by atoms with Crippen molar-refractivity contribution in [1.29, 1.82) is 0 Å². The van der Waals surface area contributed by atoms with Crippen LogP contribution in [0.2, 0.25) is 0 Å². The van der Waals surface area contributed by atoms with Crippen LogP contribution in [-0.4, -0.2) is 182 Å². The van der Waals surface area contributed by atoms with E-state index >= 15 is 0 Å². The summed E-state index contributed by atoms with van der Waals surface area (Å²) in [7, 11) is 0. The maximum atomic E-state index is 12.8. The summed E-state index contributed by atoms with van der Waals surface area (Å²) in [6.07, 6.45) is 30.2. The molecule has 0 spiro atoms. The number of unbranched alkanes of at least 4 members (excludes halogenated alkanes) is 6. The zero-order valence-electron chi connectivity index (χ0n) is 73.6. The number of hydrogen-bond donors (Lipinski definition) is 8. The smallest absolute Gasteiger partial charge is 0.335 e. The topological polar surface area (TPSA) is 311 Å². The first-order chi connectivity index (χ1) is 55.2. The molecule has 4 saturated heterocycles. The molecule has 4 aliphatic heterocycles. The number of amides is 4. The summed E-state index contributed by atoms with van der Waals surface area (Å²) in [4.78, 5) is 99.7. The molecule has 4 aliphatic rings. The number of aliphatic hydroxyl groups excluding tert-OH is 4. The fraction of sp³-hybridized carbons (Fsp3) is 0.625. The van der Waals surface area contributed by atoms with Gasteiger partial charge in [0.25, 0.3) is 0 Å². The molecule has 2 aromatic carbocycles. The van der Waals surface area contributed by atoms with Crippen molar-refractivity contribution in [2.45, 2.75) is 345 Å². The summed E-state index contributed by atoms with van der Waals surface area (Å²) < 4.78 is 0. The first-order valence-electron chi connectivity index (χ1n) is 42.6. The standard InChI is InChI=1S/C28H39NO4.C22H27NO4.2C20H31NO4.3C2H6/c1-7-8-9-20(2)24(30)16-14-23-15-17-25(31)29(23)28(5,6)19-18-27(3,4)22-12-10-21(11-13-22)26(32)33;1-3-4-5-16(2)20(24)12-10-19-11-13-21(25)23(19)15-14-17-6-8-18(9-7-17)22(26)27;2*1-3-4-9-16(2)18(22)13-11-17-12-14-19(23)21(17)15-8-6-5-7-10-20(24)25;3*1-2/h10-14,16,20,23-24,30H,9,15,17-19H2,1-6H3,(H,32,33);6-10,12,16,19-20,24H,5,11,13-15H2,1-2H3,(H,26,27);2*11,13,16-18,22H,5-10,12,14-15H2,1-2H3,(H,24,25);3*1-2H3/b16-14+;12-10+;2*13-11+;;;/t20-,23-,24+;16-,19-,20+;2*16-,17-,18+;;;/m0000.../s1. The third-order valence-electron chi connectivity index (χ3n) is 21.1. The van der Waals surface area contributed by atoms with Crippen LogP contribution in [0.1, 0.15) is 311 Å². The number of carbonyl (C=O) groups is 8. The molecule has 2 aromatic rings. The van der Waals surface area contributed by atoms with E-state index in [0.717, 1.165) is 88.2 Å². The number of nitrogens with zero attached hydrogens (tertiary/aromatic N) is 4. The van der Waals surface area contributed by atoms with E-state index in [9.17, 15) is 58.8 Å². The van der Waals surface area contributed by atoms with Crippen molar-refractivity contribution in [3.05, 3.63) is 119 Å². The zero-order chi connectivity index (χ0) is 87.9. The highest BCUT2D eigenvalue weighted by atomic mass is 16.4. The van der Waals surface area contributed by atoms with Gasteiger partial charge in [0.15, 0.2) is 0 Å². The Hall–Kier alpha value is -8.76. The molecule has 0 saturated carbocycles. The summed E-state index contributed by atoms with van der Waals surface area (Å²) in [5.41, 5.74) is 2.12. The molecule has 6 rings (SSSR count). The molecular formula is C96H146N4O16. The highest BCUT2D eigenvalue weighted by Crippen LogP contribution is 2.37. The average molecular weight is 1610 g/mol. The summed E-state index contributed by atoms with van der Waals surface area (Å²) >= 11 is 0. The molecule has 20 nitrogen and oxygen atoms in total. The lowest BCUT2D eigenvalue weighted by Crippen LogP contribution is -2.49. The van der Waals surface area contributed by atoms with Crippen LogP contribution in [-0.2, 0) is 40.6 Å². The number of aliphatic carboxylic acids is 2. The quantitative estimate of drug-likeness (QED) is 0.0175. The Morgan fingerprint density at radius 1 is 0.414 bits per heavy atom. The molecule has 4 fully saturated rings. The van der Waals surface area contributed by atoms with Gasteiger partial charge in [-0.2, -0.15) is 0 Å². The van der Waals surface area contributed by atoms with E-state index in [-0.39, 0.29) is 106 Å². The zero-order valence-corrected chi connectivity index (χ0v) is 73.6. The number of aromatic carboxylic acids is 2. The summed E-state index contributed by atoms with van der Waals surface area (Å²) in [6.45, 7) is 37.5. The molecule has 8 N–H and O–H groups in total. The van der Waals surface area contributed by atoms with E-state index in [1.807, 2.05) is 131 Å². The van der Waals surface area contributed by atoms with Gasteiger partial charge in [0.05, 0.1) is 59.7 Å². The number of aliphatic hydroxyl groups is 4. The lowest BCUT2D eigenvalue weighted by molar-refractivity contribution is -0.138. The second-order valence-corrected chi connectivity index (χ2v) is 30.8. The van der Waals surface area contributed by atoms with Crippen molar-refractivity contribution >= 4 is 47.5 Å². The van der Waals surface area contributed by atoms with Gasteiger partial charge in [0.1, 0.15) is 0 Å². The van der Waals surface area contributed by atoms with Crippen molar-refractivity contribution in [1.82, 2.24) is 19.6 Å². The minimum absolute atomic E-state index is 0.00472. The Kier molecular flexibility index (Phi) is 56.1. The maximum absolute atomic E-state index is 12.8. The molecule has 0 unspecified atom stereocenters. The van der Waals surface area contributed by atoms with E-state index < -0.39 is 48.3 Å². The lowest BCUT2D eigenvalue weighted by atomic mass is 9.77. The monoisotopic (exact) mass is 1610 g/mol. The highest BCUT2D eigenvalue weighted by molar-refractivity contribution is 5.88. The fourth-order valence-corrected chi connectivity index (χ4v) is 13.5. The highest BCUT2D eigenvalue weighted by Gasteiger charge is 2.41. The van der Waals surface area contributed by atoms with Crippen LogP contribution in [0.5, 0.6) is 0 Å². The predicted octanol–water partition coefficient (Wildman–Crippen LogP) is 17.1. The number of carboxylic acids is 4. The average Bonchev–Trinajstić information content (AvgIpc) is 1.52. The van der Waals surface area contributed by atoms with Gasteiger partial charge in [-0.25, -0.2) is 9.59 Å². The van der Waals surface area contributed by atoms with Gasteiger partial charge in [-0.1, -0.05) is 182 Å². The third kappa shape index (κ3) is 41.9. The number of rotatable bonds is 40. The van der Waals surface area contributed by atoms with E-state index in [1.165, 1.54) is 0 Å². The molecule has 0 aromatic heterocycles. The number of carbonyl (C=O) groups excluding carboxylic acids is 4. The second kappa shape index (κ2) is 60.7. The Balaban J connectivity index is 0.00000150. The first kappa shape index (κ1) is 107. The van der Waals surface area contributed by atoms with Gasteiger partial charge in [-0.3, -0.25) is 28.8 Å². The largest absolute Gasteiger partial charge is 0.481 e. The minimum atomic E-state index is -0.945. The molecule has 12 atom stereocenters. The van der Waals surface area contributed by atoms with Crippen LogP contribution in [0.4, 0.5) is 0 Å². The fourth-order valence-electron chi connectivity index (χ4n) is 13.5. The molecule has 0 aliphatic carbocycles. The summed E-state index contributed by atoms with van der Waals surface area (Å²) in [5, 5.41) is 76.3. The second-order valence-electron chi connectivity index (χ2n) is 30.8. The van der Waals surface area contributed by atoms with Crippen LogP contribution in [0, 0.1) is 71.0 Å². The molecule has 116 heavy (non-hydrogen) atoms. The predicted molar refractivity (Wildman–Crippen MR) is 466 cm³/mol. The molecular weight excluding hydrogens is 1470 g/mol. The Morgan fingerprint density at radius 2 is 0.707 bits per heavy atom. The van der Waals surface area contributed by atoms with Gasteiger partial charge >= 0.3 is 23.9 Å². The number of likely N-dealkylation sites (tertiary alicyclic amines) is 4. The molecule has 4 heterocycles. The first-order valence-corrected chi connectivity index (χ1v) is 42.6. The van der Waals surface area contributed by atoms with Crippen molar-refractivity contribution in [2.75, 3.05) is 19.6 Å². The van der Waals surface area contributed by atoms with Gasteiger partial charge in [-0.15, -0.1) is 47.4 Å². The molecule has 20 heteroatoms. The molecule has 0 radical (unpaired) electrons. The maximum Gasteiger partial charge on any atom is 0.335 e. The summed E-state index contributed by atoms with van der Waals surface area (Å²) in [6, 6.07) is 13.9. The normalized spacial score (nSPS) is 18.4. The minimum Gasteiger partial charge on any atom is -0.481 e. The Morgan fingerprint density at radius 3 is 1.03 bits per heavy atom. The SMILES string of the molecule is CC.CC.CC.CC#CC[C@H](C)[C@H](O)/C=C/[C@H]1CCC(=O)N1C(C)(C)CCC(C)(C)c1ccc(C(=O)O)cc1.CC#CC[C@H](C)[C@H](O)/C=C/[C@H]1CCC(=O)N1CCCCCCC(=O)O.CC#CC[C@H](C)[C@H](O)/C=C/[C@H]1CCC(=O)N1CCCCCCC(=O)O.CC#CC[C@H](C)[C@H](O)/C=C/[C@H]1CCC(=O)N1CCc1ccc(C(=O)O)cc1. The van der Waals surface area contributed by atoms with Crippen LogP contribution in [0.3, 0.4) is 0 Å². The van der Waals surface area contributed by atoms with E-state index in [4.69, 9.17) is 20.4 Å². The molecule has 4 amide bonds. The van der Waals surface area contributed by atoms with Crippen LogP contribution in [0.25, 0.3) is 0 Å². The van der Waals surface area contributed by atoms with Crippen LogP contribution >= 0.6 is 0 Å². The van der Waals surface area contributed by atoms with Crippen LogP contribution < -0.4 is 0 Å². The number of benzene rings is 2. The van der Waals surface area contributed by atoms with E-state index in [0.29, 0.717) is 90.3 Å². The number of hydrogen-bond acceptors (Lipinski definition) is 12. The van der Waals surface area contributed by atoms with Crippen molar-refractivity contribution in [3.8, 4) is 47.4 Å². The van der Waals surface area contributed by atoms with Crippen molar-refractivity contribution in [2.24, 2.45) is 23.7 Å². The Labute approximate surface area is 697 Å². The van der Waals surface area contributed by atoms with Gasteiger partial charge < -0.3 is 60.5 Å². The van der Waals surface area contributed by atoms with Gasteiger partial charge in [0.2, 0.25) is 23.6 Å². The third-order valence-corrected chi connectivity index (χ3v) is 21.1. The summed E-state index contributed by atoms with van der Waals surface area (Å²) in [5.74, 6) is 20.8.